The first kappa shape index (κ1) is 17.1. The molecule has 0 radical (unpaired) electrons. The quantitative estimate of drug-likeness (QED) is 0.844. The molecule has 5 nitrogen and oxygen atoms in total. The molecule has 136 valence electrons. The van der Waals surface area contributed by atoms with Crippen LogP contribution in [0.15, 0.2) is 36.4 Å². The second-order valence-electron chi connectivity index (χ2n) is 6.50. The number of ether oxygens (including phenoxy) is 2. The van der Waals surface area contributed by atoms with E-state index in [0.717, 1.165) is 29.2 Å². The zero-order valence-corrected chi connectivity index (χ0v) is 15.8. The van der Waals surface area contributed by atoms with Crippen molar-refractivity contribution < 1.29 is 14.3 Å². The first-order valence-electron chi connectivity index (χ1n) is 8.75. The zero-order chi connectivity index (χ0) is 18.1. The van der Waals surface area contributed by atoms with Crippen molar-refractivity contribution in [3.8, 4) is 21.9 Å². The van der Waals surface area contributed by atoms with E-state index < -0.39 is 0 Å². The molecular weight excluding hydrogens is 348 g/mol. The van der Waals surface area contributed by atoms with Gasteiger partial charge in [-0.25, -0.2) is 0 Å². The third-order valence-electron chi connectivity index (χ3n) is 4.71. The van der Waals surface area contributed by atoms with Gasteiger partial charge in [0.25, 0.3) is 0 Å². The molecule has 1 atom stereocenters. The molecule has 0 aliphatic carbocycles. The maximum atomic E-state index is 12.8. The number of carbonyl (C=O) groups is 1. The Morgan fingerprint density at radius 1 is 1.38 bits per heavy atom. The summed E-state index contributed by atoms with van der Waals surface area (Å²) in [5.74, 6) is 1.55. The van der Waals surface area contributed by atoms with Gasteiger partial charge in [0.05, 0.1) is 13.7 Å². The van der Waals surface area contributed by atoms with Crippen LogP contribution >= 0.6 is 11.3 Å². The summed E-state index contributed by atoms with van der Waals surface area (Å²) in [6.07, 6.45) is 3.92. The van der Waals surface area contributed by atoms with E-state index in [0.29, 0.717) is 19.7 Å². The summed E-state index contributed by atoms with van der Waals surface area (Å²) in [5, 5.41) is 3.19. The van der Waals surface area contributed by atoms with Gasteiger partial charge in [0, 0.05) is 28.4 Å². The van der Waals surface area contributed by atoms with E-state index >= 15 is 0 Å². The van der Waals surface area contributed by atoms with Crippen LogP contribution in [-0.2, 0) is 11.3 Å². The topological polar surface area (TPSA) is 50.8 Å². The lowest BCUT2D eigenvalue weighted by molar-refractivity contribution is -0.132. The van der Waals surface area contributed by atoms with Crippen molar-refractivity contribution in [2.24, 2.45) is 0 Å². The maximum Gasteiger partial charge on any atom is 0.244 e. The molecule has 0 saturated heterocycles. The fraction of sp³-hybridized carbons (Fsp3) is 0.350. The summed E-state index contributed by atoms with van der Waals surface area (Å²) < 4.78 is 11.5. The van der Waals surface area contributed by atoms with Crippen LogP contribution in [0.5, 0.6) is 11.5 Å². The van der Waals surface area contributed by atoms with Crippen LogP contribution in [0.25, 0.3) is 10.4 Å². The minimum Gasteiger partial charge on any atom is -0.493 e. The number of hydrogen-bond acceptors (Lipinski definition) is 5. The number of fused-ring (bicyclic) bond motifs is 1. The Morgan fingerprint density at radius 2 is 2.27 bits per heavy atom. The summed E-state index contributed by atoms with van der Waals surface area (Å²) in [6.45, 7) is 4.39. The summed E-state index contributed by atoms with van der Waals surface area (Å²) in [6, 6.07) is 8.13. The van der Waals surface area contributed by atoms with Gasteiger partial charge >= 0.3 is 0 Å². The van der Waals surface area contributed by atoms with Crippen LogP contribution in [0.1, 0.15) is 10.4 Å². The third-order valence-corrected chi connectivity index (χ3v) is 5.76. The molecule has 0 fully saturated rings. The van der Waals surface area contributed by atoms with E-state index in [2.05, 4.69) is 30.4 Å². The summed E-state index contributed by atoms with van der Waals surface area (Å²) in [7, 11) is 1.66. The van der Waals surface area contributed by atoms with Gasteiger partial charge in [-0.1, -0.05) is 12.2 Å². The Labute approximate surface area is 157 Å². The number of carbonyl (C=O) groups excluding carboxylic acids is 1. The van der Waals surface area contributed by atoms with Crippen LogP contribution in [0, 0.1) is 6.92 Å². The number of rotatable bonds is 3. The lowest BCUT2D eigenvalue weighted by atomic mass is 10.1. The van der Waals surface area contributed by atoms with Gasteiger partial charge in [-0.3, -0.25) is 10.1 Å². The molecule has 6 heteroatoms. The standard InChI is InChI=1S/C20H22N2O3S/c1-13-5-6-18(26-13)14-10-15-12-22(20(23)16-4-3-7-21-16)8-9-25-19(15)17(11-14)24-2/h3-6,10-11,16,21H,7-9,12H2,1-2H3. The highest BCUT2D eigenvalue weighted by Crippen LogP contribution is 2.40. The summed E-state index contributed by atoms with van der Waals surface area (Å²) in [5.41, 5.74) is 2.08. The number of methoxy groups -OCH3 is 1. The summed E-state index contributed by atoms with van der Waals surface area (Å²) in [4.78, 5) is 17.1. The van der Waals surface area contributed by atoms with Crippen LogP contribution in [0.3, 0.4) is 0 Å². The molecule has 1 N–H and O–H groups in total. The van der Waals surface area contributed by atoms with Crippen LogP contribution in [0.4, 0.5) is 0 Å². The molecule has 0 spiro atoms. The second kappa shape index (κ2) is 7.13. The van der Waals surface area contributed by atoms with Crippen molar-refractivity contribution in [1.29, 1.82) is 0 Å². The van der Waals surface area contributed by atoms with Crippen molar-refractivity contribution in [1.82, 2.24) is 10.2 Å². The Bertz CT molecular complexity index is 859. The number of amides is 1. The monoisotopic (exact) mass is 370 g/mol. The Kier molecular flexibility index (Phi) is 4.70. The average Bonchev–Trinajstić information content (AvgIpc) is 3.28. The van der Waals surface area contributed by atoms with E-state index in [9.17, 15) is 4.79 Å². The van der Waals surface area contributed by atoms with Gasteiger partial charge in [0.1, 0.15) is 12.6 Å². The predicted octanol–water partition coefficient (Wildman–Crippen LogP) is 2.98. The molecule has 2 aliphatic heterocycles. The lowest BCUT2D eigenvalue weighted by Gasteiger charge is -2.23. The van der Waals surface area contributed by atoms with Crippen LogP contribution < -0.4 is 14.8 Å². The van der Waals surface area contributed by atoms with E-state index in [1.54, 1.807) is 18.4 Å². The molecule has 2 aromatic rings. The number of nitrogens with one attached hydrogen (secondary N) is 1. The van der Waals surface area contributed by atoms with Crippen LogP contribution in [-0.4, -0.2) is 43.7 Å². The summed E-state index contributed by atoms with van der Waals surface area (Å²) >= 11 is 1.75. The van der Waals surface area contributed by atoms with Crippen molar-refractivity contribution >= 4 is 17.2 Å². The Hall–Kier alpha value is -2.31. The van der Waals surface area contributed by atoms with Crippen molar-refractivity contribution in [3.05, 3.63) is 46.9 Å². The minimum atomic E-state index is -0.235. The first-order chi connectivity index (χ1) is 12.7. The van der Waals surface area contributed by atoms with Gasteiger partial charge in [-0.05, 0) is 36.8 Å². The fourth-order valence-corrected chi connectivity index (χ4v) is 4.24. The smallest absolute Gasteiger partial charge is 0.244 e. The number of benzene rings is 1. The first-order valence-corrected chi connectivity index (χ1v) is 9.56. The van der Waals surface area contributed by atoms with Crippen LogP contribution in [0.2, 0.25) is 0 Å². The van der Waals surface area contributed by atoms with Gasteiger partial charge in [-0.2, -0.15) is 0 Å². The molecular formula is C20H22N2O3S. The normalized spacial score (nSPS) is 19.0. The van der Waals surface area contributed by atoms with E-state index in [-0.39, 0.29) is 11.9 Å². The zero-order valence-electron chi connectivity index (χ0n) is 15.0. The number of nitrogens with zero attached hydrogens (tertiary/aromatic N) is 1. The maximum absolute atomic E-state index is 12.8. The highest BCUT2D eigenvalue weighted by Gasteiger charge is 2.28. The number of aryl methyl sites for hydroxylation is 1. The Balaban J connectivity index is 1.69. The van der Waals surface area contributed by atoms with E-state index in [4.69, 9.17) is 9.47 Å². The molecule has 0 bridgehead atoms. The predicted molar refractivity (Wildman–Crippen MR) is 103 cm³/mol. The minimum absolute atomic E-state index is 0.0894. The van der Waals surface area contributed by atoms with E-state index in [1.165, 1.54) is 9.75 Å². The SMILES string of the molecule is COc1cc(-c2ccc(C)s2)cc2c1OCCN(C(=O)C1C=CCN1)C2. The van der Waals surface area contributed by atoms with Gasteiger partial charge in [-0.15, -0.1) is 11.3 Å². The molecule has 1 unspecified atom stereocenters. The highest BCUT2D eigenvalue weighted by molar-refractivity contribution is 7.15. The van der Waals surface area contributed by atoms with Gasteiger partial charge in [0.15, 0.2) is 11.5 Å². The third kappa shape index (κ3) is 3.22. The lowest BCUT2D eigenvalue weighted by Crippen LogP contribution is -2.44. The molecule has 1 amide bonds. The van der Waals surface area contributed by atoms with Crippen molar-refractivity contribution in [3.63, 3.8) is 0 Å². The second-order valence-corrected chi connectivity index (χ2v) is 7.79. The molecule has 1 aromatic heterocycles. The molecule has 3 heterocycles. The molecule has 1 aromatic carbocycles. The Morgan fingerprint density at radius 3 is 2.96 bits per heavy atom. The van der Waals surface area contributed by atoms with Crippen molar-refractivity contribution in [2.75, 3.05) is 26.8 Å². The molecule has 0 saturated carbocycles. The molecule has 2 aliphatic rings. The van der Waals surface area contributed by atoms with Crippen molar-refractivity contribution in [2.45, 2.75) is 19.5 Å². The molecule has 4 rings (SSSR count). The largest absolute Gasteiger partial charge is 0.493 e. The average molecular weight is 370 g/mol. The number of thiophene rings is 1. The number of hydrogen-bond donors (Lipinski definition) is 1. The van der Waals surface area contributed by atoms with Gasteiger partial charge in [0.2, 0.25) is 5.91 Å². The highest BCUT2D eigenvalue weighted by atomic mass is 32.1. The molecule has 26 heavy (non-hydrogen) atoms. The van der Waals surface area contributed by atoms with E-state index in [1.807, 2.05) is 23.1 Å². The fourth-order valence-electron chi connectivity index (χ4n) is 3.39. The van der Waals surface area contributed by atoms with Gasteiger partial charge < -0.3 is 14.4 Å².